The average molecular weight is 949 g/mol. The van der Waals surface area contributed by atoms with Gasteiger partial charge in [0.2, 0.25) is 0 Å². The molecule has 4 nitrogen and oxygen atoms in total. The molecule has 2 heterocycles. The molecule has 0 spiro atoms. The van der Waals surface area contributed by atoms with E-state index in [2.05, 4.69) is 266 Å². The van der Waals surface area contributed by atoms with Gasteiger partial charge in [0.05, 0.1) is 11.1 Å². The van der Waals surface area contributed by atoms with Crippen LogP contribution in [0.2, 0.25) is 0 Å². The van der Waals surface area contributed by atoms with Gasteiger partial charge >= 0.3 is 0 Å². The van der Waals surface area contributed by atoms with Crippen LogP contribution in [0.25, 0.3) is 66.1 Å². The maximum absolute atomic E-state index is 6.61. The fraction of sp³-hybridized carbons (Fsp3) is 0.0571. The summed E-state index contributed by atoms with van der Waals surface area (Å²) < 4.78 is 13.0. The van der Waals surface area contributed by atoms with E-state index in [0.29, 0.717) is 0 Å². The van der Waals surface area contributed by atoms with Crippen molar-refractivity contribution in [3.8, 4) is 22.3 Å². The number of hydrogen-bond acceptors (Lipinski definition) is 4. The number of benzene rings is 11. The van der Waals surface area contributed by atoms with Crippen LogP contribution in [-0.4, -0.2) is 0 Å². The van der Waals surface area contributed by atoms with Crippen LogP contribution in [0.5, 0.6) is 0 Å². The topological polar surface area (TPSA) is 32.8 Å². The molecule has 350 valence electrons. The van der Waals surface area contributed by atoms with Gasteiger partial charge in [-0.3, -0.25) is 0 Å². The third-order valence-electron chi connectivity index (χ3n) is 16.4. The van der Waals surface area contributed by atoms with Gasteiger partial charge in [-0.1, -0.05) is 170 Å². The van der Waals surface area contributed by atoms with Crippen LogP contribution in [0, 0.1) is 0 Å². The molecule has 4 heteroatoms. The lowest BCUT2D eigenvalue weighted by atomic mass is 9.74. The minimum Gasteiger partial charge on any atom is -0.456 e. The minimum absolute atomic E-state index is 0.321. The first-order valence-electron chi connectivity index (χ1n) is 25.6. The highest BCUT2D eigenvalue weighted by atomic mass is 16.3. The van der Waals surface area contributed by atoms with Gasteiger partial charge in [-0.2, -0.15) is 0 Å². The molecule has 0 aliphatic heterocycles. The van der Waals surface area contributed by atoms with Crippen LogP contribution < -0.4 is 9.80 Å². The number of furan rings is 2. The number of para-hydroxylation sites is 2. The molecule has 0 saturated heterocycles. The molecule has 2 aromatic heterocycles. The maximum Gasteiger partial charge on any atom is 0.137 e. The second-order valence-electron chi connectivity index (χ2n) is 20.3. The number of hydrogen-bond donors (Lipinski definition) is 0. The molecule has 15 rings (SSSR count). The smallest absolute Gasteiger partial charge is 0.137 e. The van der Waals surface area contributed by atoms with Crippen LogP contribution in [0.1, 0.15) is 47.2 Å². The Morgan fingerprint density at radius 2 is 0.716 bits per heavy atom. The first kappa shape index (κ1) is 42.3. The van der Waals surface area contributed by atoms with Gasteiger partial charge in [0, 0.05) is 55.4 Å². The number of nitrogens with zero attached hydrogens (tertiary/aromatic N) is 2. The highest BCUT2D eigenvalue weighted by Gasteiger charge is 2.42. The highest BCUT2D eigenvalue weighted by Crippen LogP contribution is 2.56. The fourth-order valence-corrected chi connectivity index (χ4v) is 12.9. The summed E-state index contributed by atoms with van der Waals surface area (Å²) >= 11 is 0. The molecule has 0 bridgehead atoms. The molecular formula is C70H48N2O2. The monoisotopic (exact) mass is 948 g/mol. The molecular weight excluding hydrogens is 901 g/mol. The van der Waals surface area contributed by atoms with E-state index in [1.54, 1.807) is 0 Å². The van der Waals surface area contributed by atoms with E-state index in [1.165, 1.54) is 55.6 Å². The molecule has 0 fully saturated rings. The molecule has 13 aromatic rings. The van der Waals surface area contributed by atoms with Crippen molar-refractivity contribution >= 4 is 78.0 Å². The maximum atomic E-state index is 6.61. The first-order valence-corrected chi connectivity index (χ1v) is 25.6. The van der Waals surface area contributed by atoms with Gasteiger partial charge in [0.25, 0.3) is 0 Å². The van der Waals surface area contributed by atoms with Crippen LogP contribution >= 0.6 is 0 Å². The van der Waals surface area contributed by atoms with Crippen LogP contribution in [-0.2, 0) is 10.8 Å². The summed E-state index contributed by atoms with van der Waals surface area (Å²) in [5, 5.41) is 4.30. The van der Waals surface area contributed by atoms with Crippen molar-refractivity contribution in [2.75, 3.05) is 9.80 Å². The normalized spacial score (nSPS) is 16.4. The Balaban J connectivity index is 0.962. The molecule has 2 unspecified atom stereocenters. The minimum atomic E-state index is -0.325. The van der Waals surface area contributed by atoms with Crippen molar-refractivity contribution in [2.24, 2.45) is 0 Å². The Morgan fingerprint density at radius 3 is 1.36 bits per heavy atom. The first-order chi connectivity index (χ1) is 36.4. The molecule has 2 atom stereocenters. The van der Waals surface area contributed by atoms with Crippen molar-refractivity contribution in [3.63, 3.8) is 0 Å². The number of fused-ring (bicyclic) bond motifs is 12. The summed E-state index contributed by atoms with van der Waals surface area (Å²) in [6.07, 6.45) is 0. The zero-order chi connectivity index (χ0) is 49.1. The molecule has 2 aliphatic carbocycles. The third-order valence-corrected chi connectivity index (χ3v) is 16.4. The summed E-state index contributed by atoms with van der Waals surface area (Å²) in [6.45, 7) is 4.76. The fourth-order valence-electron chi connectivity index (χ4n) is 12.9. The van der Waals surface area contributed by atoms with Crippen molar-refractivity contribution in [2.45, 2.75) is 24.7 Å². The lowest BCUT2D eigenvalue weighted by molar-refractivity contribution is 0.668. The van der Waals surface area contributed by atoms with E-state index in [1.807, 2.05) is 12.1 Å². The summed E-state index contributed by atoms with van der Waals surface area (Å²) in [7, 11) is 0. The summed E-state index contributed by atoms with van der Waals surface area (Å²) in [5.41, 5.74) is 21.8. The summed E-state index contributed by atoms with van der Waals surface area (Å²) in [6, 6.07) is 92.8. The van der Waals surface area contributed by atoms with E-state index < -0.39 is 0 Å². The van der Waals surface area contributed by atoms with Gasteiger partial charge in [0.15, 0.2) is 0 Å². The lowest BCUT2D eigenvalue weighted by Crippen LogP contribution is -2.22. The van der Waals surface area contributed by atoms with Gasteiger partial charge in [-0.15, -0.1) is 0 Å². The quantitative estimate of drug-likeness (QED) is 0.152. The molecule has 11 aromatic carbocycles. The van der Waals surface area contributed by atoms with E-state index >= 15 is 0 Å². The third kappa shape index (κ3) is 6.09. The SMILES string of the molecule is CC1(c2ccccc2)c2ccccc2-c2cc(N(c3cccc(N(c4ccc5c(c4)-c4ccccc4C5(C)c4ccccc4)c4cccc5oc6ccccc6c45)c3)c3ccc4oc5ccccc5c4c3)ccc21. The Morgan fingerprint density at radius 1 is 0.284 bits per heavy atom. The predicted octanol–water partition coefficient (Wildman–Crippen LogP) is 19.1. The van der Waals surface area contributed by atoms with Gasteiger partial charge in [-0.25, -0.2) is 0 Å². The van der Waals surface area contributed by atoms with Crippen LogP contribution in [0.3, 0.4) is 0 Å². The number of rotatable bonds is 8. The second kappa shape index (κ2) is 16.1. The average Bonchev–Trinajstić information content (AvgIpc) is 4.18. The van der Waals surface area contributed by atoms with Gasteiger partial charge in [-0.05, 0) is 154 Å². The van der Waals surface area contributed by atoms with Gasteiger partial charge in [0.1, 0.15) is 22.3 Å². The zero-order valence-electron chi connectivity index (χ0n) is 41.0. The second-order valence-corrected chi connectivity index (χ2v) is 20.3. The Hall–Kier alpha value is -9.38. The molecule has 0 N–H and O–H groups in total. The number of anilines is 6. The Labute approximate surface area is 429 Å². The van der Waals surface area contributed by atoms with Crippen molar-refractivity contribution in [1.29, 1.82) is 0 Å². The lowest BCUT2D eigenvalue weighted by Gasteiger charge is -2.31. The standard InChI is InChI=1S/C70H48N2O2/c1-69(45-19-5-3-6-20-45)59-29-13-9-25-52(59)56-42-49(35-38-61(56)69)71(50-37-40-66-58(44-50)54-27-11-15-32-64(54)73-66)47-23-17-24-48(41-47)72(63-31-18-34-67-68(63)55-28-12-16-33-65(55)74-67)51-36-39-62-57(43-51)53-26-10-14-30-60(53)70(62,2)46-21-7-4-8-22-46/h3-44H,1-2H3. The molecule has 0 saturated carbocycles. The largest absolute Gasteiger partial charge is 0.456 e. The van der Waals surface area contributed by atoms with Crippen LogP contribution in [0.15, 0.2) is 264 Å². The Bertz CT molecular complexity index is 4380. The van der Waals surface area contributed by atoms with E-state index in [0.717, 1.165) is 78.0 Å². The Kier molecular flexibility index (Phi) is 9.19. The summed E-state index contributed by atoms with van der Waals surface area (Å²) in [4.78, 5) is 4.85. The summed E-state index contributed by atoms with van der Waals surface area (Å²) in [5.74, 6) is 0. The highest BCUT2D eigenvalue weighted by molar-refractivity contribution is 6.14. The molecule has 0 amide bonds. The van der Waals surface area contributed by atoms with Crippen molar-refractivity contribution in [3.05, 3.63) is 288 Å². The molecule has 0 radical (unpaired) electrons. The van der Waals surface area contributed by atoms with E-state index in [-0.39, 0.29) is 10.8 Å². The van der Waals surface area contributed by atoms with Crippen molar-refractivity contribution in [1.82, 2.24) is 0 Å². The van der Waals surface area contributed by atoms with E-state index in [4.69, 9.17) is 8.83 Å². The van der Waals surface area contributed by atoms with Crippen LogP contribution in [0.4, 0.5) is 34.1 Å². The zero-order valence-corrected chi connectivity index (χ0v) is 41.0. The predicted molar refractivity (Wildman–Crippen MR) is 305 cm³/mol. The van der Waals surface area contributed by atoms with Crippen molar-refractivity contribution < 1.29 is 8.83 Å². The molecule has 2 aliphatic rings. The van der Waals surface area contributed by atoms with Gasteiger partial charge < -0.3 is 18.6 Å². The van der Waals surface area contributed by atoms with E-state index in [9.17, 15) is 0 Å². The molecule has 74 heavy (non-hydrogen) atoms.